The van der Waals surface area contributed by atoms with Gasteiger partial charge in [-0.25, -0.2) is 0 Å². The van der Waals surface area contributed by atoms with E-state index >= 15 is 0 Å². The number of benzene rings is 1. The average Bonchev–Trinajstić information content (AvgIpc) is 2.38. The zero-order valence-electron chi connectivity index (χ0n) is 12.4. The van der Waals surface area contributed by atoms with Crippen LogP contribution in [0, 0.1) is 5.41 Å². The highest BCUT2D eigenvalue weighted by Gasteiger charge is 2.34. The van der Waals surface area contributed by atoms with Gasteiger partial charge in [-0.15, -0.1) is 11.8 Å². The van der Waals surface area contributed by atoms with Crippen molar-refractivity contribution in [1.29, 1.82) is 0 Å². The van der Waals surface area contributed by atoms with E-state index in [1.807, 2.05) is 0 Å². The van der Waals surface area contributed by atoms with E-state index in [-0.39, 0.29) is 0 Å². The number of hydrogen-bond donors (Lipinski definition) is 2. The largest absolute Gasteiger partial charge is 0.389 e. The lowest BCUT2D eigenvalue weighted by molar-refractivity contribution is 0.145. The summed E-state index contributed by atoms with van der Waals surface area (Å²) in [6, 6.07) is 6.28. The first-order valence-corrected chi connectivity index (χ1v) is 8.81. The number of thiocarbonyl (C=S) groups is 1. The summed E-state index contributed by atoms with van der Waals surface area (Å²) in [5, 5.41) is 3.61. The second-order valence-corrected chi connectivity index (χ2v) is 7.28. The van der Waals surface area contributed by atoms with Gasteiger partial charge < -0.3 is 11.1 Å². The smallest absolute Gasteiger partial charge is 0.107 e. The molecule has 0 bridgehead atoms. The summed E-state index contributed by atoms with van der Waals surface area (Å²) in [5.74, 6) is 1.03. The maximum atomic E-state index is 5.94. The zero-order valence-corrected chi connectivity index (χ0v) is 14.0. The molecule has 1 aliphatic rings. The Kier molecular flexibility index (Phi) is 5.33. The molecule has 0 heterocycles. The van der Waals surface area contributed by atoms with Gasteiger partial charge in [0.05, 0.1) is 0 Å². The second-order valence-electron chi connectivity index (χ2n) is 5.54. The molecule has 1 fully saturated rings. The zero-order chi connectivity index (χ0) is 14.6. The molecule has 4 heteroatoms. The molecule has 0 aromatic heterocycles. The first-order valence-electron chi connectivity index (χ1n) is 7.41. The van der Waals surface area contributed by atoms with Gasteiger partial charge in [-0.1, -0.05) is 38.6 Å². The molecule has 2 nitrogen and oxygen atoms in total. The number of hydrogen-bond acceptors (Lipinski definition) is 3. The maximum Gasteiger partial charge on any atom is 0.107 e. The van der Waals surface area contributed by atoms with E-state index in [9.17, 15) is 0 Å². The van der Waals surface area contributed by atoms with Gasteiger partial charge in [-0.05, 0) is 42.6 Å². The lowest BCUT2D eigenvalue weighted by Gasteiger charge is -2.41. The van der Waals surface area contributed by atoms with E-state index in [0.717, 1.165) is 23.5 Å². The van der Waals surface area contributed by atoms with Crippen molar-refractivity contribution >= 4 is 34.7 Å². The highest BCUT2D eigenvalue weighted by Crippen LogP contribution is 2.44. The fourth-order valence-corrected chi connectivity index (χ4v) is 3.96. The molecular weight excluding hydrogens is 284 g/mol. The highest BCUT2D eigenvalue weighted by atomic mass is 32.2. The molecule has 0 amide bonds. The maximum absolute atomic E-state index is 5.94. The van der Waals surface area contributed by atoms with E-state index in [0.29, 0.717) is 10.4 Å². The van der Waals surface area contributed by atoms with Crippen LogP contribution in [0.25, 0.3) is 0 Å². The average molecular weight is 309 g/mol. The summed E-state index contributed by atoms with van der Waals surface area (Å²) in [6.07, 6.45) is 5.28. The fourth-order valence-electron chi connectivity index (χ4n) is 2.82. The highest BCUT2D eigenvalue weighted by molar-refractivity contribution is 7.99. The lowest BCUT2D eigenvalue weighted by Crippen LogP contribution is -2.36. The Morgan fingerprint density at radius 2 is 2.15 bits per heavy atom. The molecule has 0 radical (unpaired) electrons. The van der Waals surface area contributed by atoms with E-state index in [2.05, 4.69) is 37.4 Å². The summed E-state index contributed by atoms with van der Waals surface area (Å²) in [7, 11) is 0. The summed E-state index contributed by atoms with van der Waals surface area (Å²) in [4.78, 5) is 1.67. The van der Waals surface area contributed by atoms with Crippen molar-refractivity contribution in [1.82, 2.24) is 0 Å². The van der Waals surface area contributed by atoms with Crippen LogP contribution in [0.1, 0.15) is 45.1 Å². The molecular formula is C16H24N2S2. The van der Waals surface area contributed by atoms with Crippen LogP contribution in [0.5, 0.6) is 0 Å². The molecule has 0 unspecified atom stereocenters. The molecule has 0 aliphatic heterocycles. The van der Waals surface area contributed by atoms with Crippen molar-refractivity contribution in [3.8, 4) is 0 Å². The van der Waals surface area contributed by atoms with Crippen LogP contribution in [0.4, 0.5) is 5.69 Å². The standard InChI is InChI=1S/C16H24N2S2/c1-3-16(9-6-10-16)11-18-12-7-5-8-13(20-4-2)14(12)15(17)19/h5,7-8,18H,3-4,6,9-11H2,1-2H3,(H2,17,19). The predicted molar refractivity (Wildman–Crippen MR) is 93.8 cm³/mol. The molecule has 1 aromatic carbocycles. The van der Waals surface area contributed by atoms with Crippen LogP contribution in [-0.2, 0) is 0 Å². The summed E-state index contributed by atoms with van der Waals surface area (Å²) in [5.41, 5.74) is 8.54. The third-order valence-corrected chi connectivity index (χ3v) is 5.53. The van der Waals surface area contributed by atoms with Gasteiger partial charge in [0, 0.05) is 22.7 Å². The minimum Gasteiger partial charge on any atom is -0.389 e. The van der Waals surface area contributed by atoms with Gasteiger partial charge in [-0.2, -0.15) is 0 Å². The Labute approximate surface area is 131 Å². The third-order valence-electron chi connectivity index (χ3n) is 4.39. The molecule has 1 saturated carbocycles. The third kappa shape index (κ3) is 3.29. The van der Waals surface area contributed by atoms with Crippen LogP contribution in [-0.4, -0.2) is 17.3 Å². The van der Waals surface area contributed by atoms with Crippen molar-refractivity contribution in [2.45, 2.75) is 44.4 Å². The SMILES string of the molecule is CCSc1cccc(NCC2(CC)CCC2)c1C(N)=S. The number of nitrogens with two attached hydrogens (primary N) is 1. The minimum absolute atomic E-state index is 0.487. The molecule has 0 atom stereocenters. The van der Waals surface area contributed by atoms with Gasteiger partial charge in [0.25, 0.3) is 0 Å². The first-order chi connectivity index (χ1) is 9.62. The van der Waals surface area contributed by atoms with Gasteiger partial charge in [0.15, 0.2) is 0 Å². The monoisotopic (exact) mass is 308 g/mol. The topological polar surface area (TPSA) is 38.0 Å². The Hall–Kier alpha value is -0.740. The van der Waals surface area contributed by atoms with Crippen molar-refractivity contribution < 1.29 is 0 Å². The number of anilines is 1. The van der Waals surface area contributed by atoms with E-state index < -0.39 is 0 Å². The van der Waals surface area contributed by atoms with Crippen LogP contribution in [0.2, 0.25) is 0 Å². The molecule has 1 aliphatic carbocycles. The van der Waals surface area contributed by atoms with Crippen molar-refractivity contribution in [2.75, 3.05) is 17.6 Å². The quantitative estimate of drug-likeness (QED) is 0.577. The van der Waals surface area contributed by atoms with Crippen LogP contribution >= 0.6 is 24.0 Å². The van der Waals surface area contributed by atoms with Crippen LogP contribution in [0.15, 0.2) is 23.1 Å². The van der Waals surface area contributed by atoms with Crippen LogP contribution < -0.4 is 11.1 Å². The lowest BCUT2D eigenvalue weighted by atomic mass is 9.67. The van der Waals surface area contributed by atoms with E-state index in [1.54, 1.807) is 11.8 Å². The Balaban J connectivity index is 2.18. The molecule has 110 valence electrons. The number of thioether (sulfide) groups is 1. The summed E-state index contributed by atoms with van der Waals surface area (Å²) >= 11 is 7.05. The number of nitrogens with one attached hydrogen (secondary N) is 1. The first kappa shape index (κ1) is 15.6. The number of rotatable bonds is 7. The van der Waals surface area contributed by atoms with Gasteiger partial charge in [0.2, 0.25) is 0 Å². The van der Waals surface area contributed by atoms with Gasteiger partial charge >= 0.3 is 0 Å². The second kappa shape index (κ2) is 6.81. The Bertz CT molecular complexity index is 476. The van der Waals surface area contributed by atoms with E-state index in [1.165, 1.54) is 30.6 Å². The summed E-state index contributed by atoms with van der Waals surface area (Å²) in [6.45, 7) is 5.46. The van der Waals surface area contributed by atoms with Crippen molar-refractivity contribution in [2.24, 2.45) is 11.1 Å². The Morgan fingerprint density at radius 1 is 1.40 bits per heavy atom. The summed E-state index contributed by atoms with van der Waals surface area (Å²) < 4.78 is 0. The van der Waals surface area contributed by atoms with Crippen LogP contribution in [0.3, 0.4) is 0 Å². The Morgan fingerprint density at radius 3 is 2.65 bits per heavy atom. The van der Waals surface area contributed by atoms with Gasteiger partial charge in [-0.3, -0.25) is 0 Å². The minimum atomic E-state index is 0.487. The molecule has 2 rings (SSSR count). The molecule has 20 heavy (non-hydrogen) atoms. The van der Waals surface area contributed by atoms with Crippen molar-refractivity contribution in [3.05, 3.63) is 23.8 Å². The fraction of sp³-hybridized carbons (Fsp3) is 0.562. The molecule has 3 N–H and O–H groups in total. The molecule has 1 aromatic rings. The normalized spacial score (nSPS) is 16.5. The molecule has 0 spiro atoms. The molecule has 0 saturated heterocycles. The van der Waals surface area contributed by atoms with Crippen molar-refractivity contribution in [3.63, 3.8) is 0 Å². The van der Waals surface area contributed by atoms with Gasteiger partial charge in [0.1, 0.15) is 4.99 Å². The van der Waals surface area contributed by atoms with E-state index in [4.69, 9.17) is 18.0 Å². The predicted octanol–water partition coefficient (Wildman–Crippen LogP) is 4.43.